The number of amides is 2. The predicted octanol–water partition coefficient (Wildman–Crippen LogP) is 3.40. The minimum Gasteiger partial charge on any atom is -0.444 e. The number of carbonyl (C=O) groups excluding carboxylic acids is 2. The molecule has 6 heteroatoms. The predicted molar refractivity (Wildman–Crippen MR) is 102 cm³/mol. The van der Waals surface area contributed by atoms with Gasteiger partial charge in [-0.25, -0.2) is 4.79 Å². The van der Waals surface area contributed by atoms with Crippen LogP contribution in [0.15, 0.2) is 30.3 Å². The molecule has 0 unspecified atom stereocenters. The standard InChI is InChI=1S/C20H32N2O4/c1-6-7-13-21-18(23)17(22-19(24)26-20(3,4)5)15(2)25-14-16-11-9-8-10-12-16/h8-12,15,17H,6-7,13-14H2,1-5H3,(H,21,23)(H,22,24)/t15-,17+/m0/s1. The van der Waals surface area contributed by atoms with E-state index in [0.29, 0.717) is 13.2 Å². The third kappa shape index (κ3) is 8.85. The van der Waals surface area contributed by atoms with E-state index in [2.05, 4.69) is 10.6 Å². The van der Waals surface area contributed by atoms with Crippen molar-refractivity contribution in [3.63, 3.8) is 0 Å². The normalized spacial score (nSPS) is 13.6. The number of benzene rings is 1. The first-order chi connectivity index (χ1) is 12.2. The fraction of sp³-hybridized carbons (Fsp3) is 0.600. The number of hydrogen-bond donors (Lipinski definition) is 2. The second-order valence-corrected chi connectivity index (χ2v) is 7.27. The molecule has 6 nitrogen and oxygen atoms in total. The first kappa shape index (κ1) is 22.0. The van der Waals surface area contributed by atoms with E-state index in [-0.39, 0.29) is 5.91 Å². The van der Waals surface area contributed by atoms with E-state index in [4.69, 9.17) is 9.47 Å². The van der Waals surface area contributed by atoms with Gasteiger partial charge in [0.15, 0.2) is 0 Å². The Morgan fingerprint density at radius 3 is 2.38 bits per heavy atom. The second kappa shape index (κ2) is 10.8. The minimum atomic E-state index is -0.828. The van der Waals surface area contributed by atoms with Crippen LogP contribution < -0.4 is 10.6 Å². The van der Waals surface area contributed by atoms with E-state index in [1.807, 2.05) is 37.3 Å². The number of ether oxygens (including phenoxy) is 2. The molecular weight excluding hydrogens is 332 g/mol. The second-order valence-electron chi connectivity index (χ2n) is 7.27. The molecule has 0 aromatic heterocycles. The van der Waals surface area contributed by atoms with Crippen LogP contribution in [-0.4, -0.2) is 36.3 Å². The fourth-order valence-electron chi connectivity index (χ4n) is 2.23. The molecule has 1 aromatic rings. The van der Waals surface area contributed by atoms with Crippen LogP contribution in [0.4, 0.5) is 4.79 Å². The van der Waals surface area contributed by atoms with E-state index in [0.717, 1.165) is 18.4 Å². The summed E-state index contributed by atoms with van der Waals surface area (Å²) in [6.45, 7) is 10.1. The number of carbonyl (C=O) groups is 2. The molecule has 0 spiro atoms. The lowest BCUT2D eigenvalue weighted by molar-refractivity contribution is -0.127. The molecule has 0 bridgehead atoms. The van der Waals surface area contributed by atoms with Gasteiger partial charge >= 0.3 is 6.09 Å². The van der Waals surface area contributed by atoms with E-state index >= 15 is 0 Å². The molecule has 0 aliphatic rings. The van der Waals surface area contributed by atoms with Gasteiger partial charge in [0.2, 0.25) is 5.91 Å². The van der Waals surface area contributed by atoms with Crippen LogP contribution in [0, 0.1) is 0 Å². The maximum absolute atomic E-state index is 12.5. The maximum Gasteiger partial charge on any atom is 0.408 e. The lowest BCUT2D eigenvalue weighted by Gasteiger charge is -2.27. The molecular formula is C20H32N2O4. The van der Waals surface area contributed by atoms with Gasteiger partial charge in [0, 0.05) is 6.54 Å². The minimum absolute atomic E-state index is 0.273. The van der Waals surface area contributed by atoms with Crippen molar-refractivity contribution in [1.29, 1.82) is 0 Å². The number of rotatable bonds is 9. The Morgan fingerprint density at radius 2 is 1.81 bits per heavy atom. The van der Waals surface area contributed by atoms with Crippen molar-refractivity contribution in [2.75, 3.05) is 6.54 Å². The van der Waals surface area contributed by atoms with Crippen LogP contribution in [0.5, 0.6) is 0 Å². The van der Waals surface area contributed by atoms with Crippen molar-refractivity contribution >= 4 is 12.0 Å². The van der Waals surface area contributed by atoms with Gasteiger partial charge in [0.05, 0.1) is 12.7 Å². The molecule has 0 fully saturated rings. The van der Waals surface area contributed by atoms with E-state index in [9.17, 15) is 9.59 Å². The summed E-state index contributed by atoms with van der Waals surface area (Å²) in [5.74, 6) is -0.273. The lowest BCUT2D eigenvalue weighted by atomic mass is 10.1. The van der Waals surface area contributed by atoms with Crippen LogP contribution >= 0.6 is 0 Å². The van der Waals surface area contributed by atoms with Crippen molar-refractivity contribution in [3.05, 3.63) is 35.9 Å². The number of nitrogens with one attached hydrogen (secondary N) is 2. The van der Waals surface area contributed by atoms with Crippen molar-refractivity contribution in [1.82, 2.24) is 10.6 Å². The lowest BCUT2D eigenvalue weighted by Crippen LogP contribution is -2.54. The van der Waals surface area contributed by atoms with Gasteiger partial charge in [-0.3, -0.25) is 4.79 Å². The van der Waals surface area contributed by atoms with Gasteiger partial charge < -0.3 is 20.1 Å². The summed E-state index contributed by atoms with van der Waals surface area (Å²) in [6, 6.07) is 8.86. The molecule has 2 amide bonds. The van der Waals surface area contributed by atoms with Gasteiger partial charge in [-0.2, -0.15) is 0 Å². The molecule has 0 heterocycles. The largest absolute Gasteiger partial charge is 0.444 e. The highest BCUT2D eigenvalue weighted by Gasteiger charge is 2.29. The molecule has 146 valence electrons. The summed E-state index contributed by atoms with van der Waals surface area (Å²) in [4.78, 5) is 24.6. The Bertz CT molecular complexity index is 555. The Morgan fingerprint density at radius 1 is 1.15 bits per heavy atom. The third-order valence-electron chi connectivity index (χ3n) is 3.61. The van der Waals surface area contributed by atoms with Crippen LogP contribution in [0.3, 0.4) is 0 Å². The summed E-state index contributed by atoms with van der Waals surface area (Å²) in [6.07, 6.45) is 0.710. The molecule has 1 aromatic carbocycles. The summed E-state index contributed by atoms with van der Waals surface area (Å²) in [5.41, 5.74) is 0.364. The number of unbranched alkanes of at least 4 members (excludes halogenated alkanes) is 1. The fourth-order valence-corrected chi connectivity index (χ4v) is 2.23. The highest BCUT2D eigenvalue weighted by atomic mass is 16.6. The molecule has 0 aliphatic carbocycles. The average molecular weight is 364 g/mol. The van der Waals surface area contributed by atoms with Crippen LogP contribution in [0.1, 0.15) is 53.0 Å². The SMILES string of the molecule is CCCCNC(=O)[C@H](NC(=O)OC(C)(C)C)[C@H](C)OCc1ccccc1. The quantitative estimate of drug-likeness (QED) is 0.659. The first-order valence-corrected chi connectivity index (χ1v) is 9.15. The van der Waals surface area contributed by atoms with Gasteiger partial charge in [-0.05, 0) is 39.7 Å². The van der Waals surface area contributed by atoms with E-state index < -0.39 is 23.8 Å². The van der Waals surface area contributed by atoms with E-state index in [1.165, 1.54) is 0 Å². The number of hydrogen-bond acceptors (Lipinski definition) is 4. The first-order valence-electron chi connectivity index (χ1n) is 9.15. The van der Waals surface area contributed by atoms with Crippen LogP contribution in [-0.2, 0) is 20.9 Å². The van der Waals surface area contributed by atoms with Crippen LogP contribution in [0.2, 0.25) is 0 Å². The Hall–Kier alpha value is -2.08. The van der Waals surface area contributed by atoms with Gasteiger partial charge in [0.1, 0.15) is 11.6 Å². The van der Waals surface area contributed by atoms with Crippen molar-refractivity contribution in [2.24, 2.45) is 0 Å². The zero-order valence-electron chi connectivity index (χ0n) is 16.5. The van der Waals surface area contributed by atoms with Gasteiger partial charge in [-0.15, -0.1) is 0 Å². The molecule has 2 N–H and O–H groups in total. The van der Waals surface area contributed by atoms with Crippen LogP contribution in [0.25, 0.3) is 0 Å². The average Bonchev–Trinajstić information content (AvgIpc) is 2.57. The van der Waals surface area contributed by atoms with E-state index in [1.54, 1.807) is 27.7 Å². The zero-order chi connectivity index (χ0) is 19.6. The van der Waals surface area contributed by atoms with Crippen molar-refractivity contribution < 1.29 is 19.1 Å². The Labute approximate surface area is 156 Å². The molecule has 26 heavy (non-hydrogen) atoms. The summed E-state index contributed by atoms with van der Waals surface area (Å²) in [5, 5.41) is 5.48. The summed E-state index contributed by atoms with van der Waals surface area (Å²) < 4.78 is 11.1. The highest BCUT2D eigenvalue weighted by molar-refractivity contribution is 5.86. The van der Waals surface area contributed by atoms with Gasteiger partial charge in [-0.1, -0.05) is 43.7 Å². The topological polar surface area (TPSA) is 76.7 Å². The molecule has 0 saturated heterocycles. The number of alkyl carbamates (subject to hydrolysis) is 1. The highest BCUT2D eigenvalue weighted by Crippen LogP contribution is 2.10. The summed E-state index contributed by atoms with van der Waals surface area (Å²) >= 11 is 0. The Balaban J connectivity index is 2.71. The molecule has 1 rings (SSSR count). The zero-order valence-corrected chi connectivity index (χ0v) is 16.5. The monoisotopic (exact) mass is 364 g/mol. The molecule has 0 aliphatic heterocycles. The third-order valence-corrected chi connectivity index (χ3v) is 3.61. The van der Waals surface area contributed by atoms with Crippen molar-refractivity contribution in [2.45, 2.75) is 71.8 Å². The Kier molecular flexibility index (Phi) is 9.13. The smallest absolute Gasteiger partial charge is 0.408 e. The molecule has 0 saturated carbocycles. The summed E-state index contributed by atoms with van der Waals surface area (Å²) in [7, 11) is 0. The molecule has 0 radical (unpaired) electrons. The van der Waals surface area contributed by atoms with Gasteiger partial charge in [0.25, 0.3) is 0 Å². The maximum atomic E-state index is 12.5. The van der Waals surface area contributed by atoms with Crippen molar-refractivity contribution in [3.8, 4) is 0 Å². The molecule has 2 atom stereocenters.